The number of aliphatic hydroxyl groups excluding tert-OH is 1. The maximum Gasteiger partial charge on any atom is 0.101 e. The van der Waals surface area contributed by atoms with E-state index in [-0.39, 0.29) is 6.61 Å². The SMILES string of the molecule is CCN(c1ccc(CO)cc1C#N)C(C)C. The van der Waals surface area contributed by atoms with Gasteiger partial charge in [-0.05, 0) is 38.5 Å². The number of rotatable bonds is 4. The van der Waals surface area contributed by atoms with Crippen molar-refractivity contribution >= 4 is 5.69 Å². The number of nitrogens with zero attached hydrogens (tertiary/aromatic N) is 2. The first kappa shape index (κ1) is 12.5. The number of aliphatic hydroxyl groups is 1. The number of nitriles is 1. The van der Waals surface area contributed by atoms with Crippen molar-refractivity contribution in [1.82, 2.24) is 0 Å². The second-order valence-electron chi connectivity index (χ2n) is 4.00. The van der Waals surface area contributed by atoms with Crippen molar-refractivity contribution in [1.29, 1.82) is 5.26 Å². The predicted molar refractivity (Wildman–Crippen MR) is 65.2 cm³/mol. The third-order valence-corrected chi connectivity index (χ3v) is 2.64. The van der Waals surface area contributed by atoms with E-state index in [4.69, 9.17) is 10.4 Å². The lowest BCUT2D eigenvalue weighted by Crippen LogP contribution is -2.31. The van der Waals surface area contributed by atoms with E-state index in [0.717, 1.165) is 17.8 Å². The molecule has 0 saturated carbocycles. The van der Waals surface area contributed by atoms with Crippen molar-refractivity contribution in [2.75, 3.05) is 11.4 Å². The maximum absolute atomic E-state index is 9.11. The fourth-order valence-electron chi connectivity index (χ4n) is 1.84. The molecule has 0 amide bonds. The molecule has 0 unspecified atom stereocenters. The van der Waals surface area contributed by atoms with E-state index in [2.05, 4.69) is 31.7 Å². The molecule has 0 aliphatic carbocycles. The highest BCUT2D eigenvalue weighted by atomic mass is 16.3. The summed E-state index contributed by atoms with van der Waals surface area (Å²) in [6.45, 7) is 7.11. The summed E-state index contributed by atoms with van der Waals surface area (Å²) in [5.74, 6) is 0. The summed E-state index contributed by atoms with van der Waals surface area (Å²) in [6, 6.07) is 8.07. The molecule has 86 valence electrons. The molecule has 0 saturated heterocycles. The summed E-state index contributed by atoms with van der Waals surface area (Å²) >= 11 is 0. The first-order chi connectivity index (χ1) is 7.63. The lowest BCUT2D eigenvalue weighted by atomic mass is 10.1. The van der Waals surface area contributed by atoms with Crippen molar-refractivity contribution in [2.45, 2.75) is 33.4 Å². The molecule has 0 heterocycles. The van der Waals surface area contributed by atoms with E-state index in [1.54, 1.807) is 6.07 Å². The molecule has 1 N–H and O–H groups in total. The van der Waals surface area contributed by atoms with Crippen molar-refractivity contribution in [3.63, 3.8) is 0 Å². The number of hydrogen-bond donors (Lipinski definition) is 1. The minimum absolute atomic E-state index is 0.0250. The molecular formula is C13H18N2O. The topological polar surface area (TPSA) is 47.3 Å². The maximum atomic E-state index is 9.11. The van der Waals surface area contributed by atoms with E-state index in [1.807, 2.05) is 12.1 Å². The van der Waals surface area contributed by atoms with Crippen LogP contribution >= 0.6 is 0 Å². The Hall–Kier alpha value is -1.53. The molecule has 0 bridgehead atoms. The highest BCUT2D eigenvalue weighted by Crippen LogP contribution is 2.23. The lowest BCUT2D eigenvalue weighted by Gasteiger charge is -2.28. The van der Waals surface area contributed by atoms with Crippen LogP contribution in [0.2, 0.25) is 0 Å². The summed E-state index contributed by atoms with van der Waals surface area (Å²) in [6.07, 6.45) is 0. The van der Waals surface area contributed by atoms with Crippen molar-refractivity contribution in [3.8, 4) is 6.07 Å². The van der Waals surface area contributed by atoms with Gasteiger partial charge in [0.15, 0.2) is 0 Å². The Morgan fingerprint density at radius 3 is 2.56 bits per heavy atom. The molecule has 3 nitrogen and oxygen atoms in total. The smallest absolute Gasteiger partial charge is 0.101 e. The van der Waals surface area contributed by atoms with Gasteiger partial charge in [0.25, 0.3) is 0 Å². The summed E-state index contributed by atoms with van der Waals surface area (Å²) in [5, 5.41) is 18.1. The molecule has 0 aliphatic rings. The van der Waals surface area contributed by atoms with E-state index in [1.165, 1.54) is 0 Å². The van der Waals surface area contributed by atoms with E-state index in [9.17, 15) is 0 Å². The molecular weight excluding hydrogens is 200 g/mol. The van der Waals surface area contributed by atoms with E-state index in [0.29, 0.717) is 11.6 Å². The van der Waals surface area contributed by atoms with Crippen LogP contribution < -0.4 is 4.90 Å². The Morgan fingerprint density at radius 1 is 1.44 bits per heavy atom. The van der Waals surface area contributed by atoms with Crippen LogP contribution in [0.5, 0.6) is 0 Å². The molecule has 0 atom stereocenters. The average molecular weight is 218 g/mol. The van der Waals surface area contributed by atoms with Crippen molar-refractivity contribution < 1.29 is 5.11 Å². The van der Waals surface area contributed by atoms with Gasteiger partial charge in [-0.1, -0.05) is 6.07 Å². The van der Waals surface area contributed by atoms with Crippen LogP contribution in [-0.2, 0) is 6.61 Å². The van der Waals surface area contributed by atoms with Gasteiger partial charge in [-0.15, -0.1) is 0 Å². The second kappa shape index (κ2) is 5.53. The Morgan fingerprint density at radius 2 is 2.12 bits per heavy atom. The molecule has 1 aromatic carbocycles. The largest absolute Gasteiger partial charge is 0.392 e. The van der Waals surface area contributed by atoms with Crippen molar-refractivity contribution in [3.05, 3.63) is 29.3 Å². The van der Waals surface area contributed by atoms with Crippen molar-refractivity contribution in [2.24, 2.45) is 0 Å². The Labute approximate surface area is 96.9 Å². The lowest BCUT2D eigenvalue weighted by molar-refractivity contribution is 0.282. The number of benzene rings is 1. The zero-order valence-electron chi connectivity index (χ0n) is 10.1. The van der Waals surface area contributed by atoms with Gasteiger partial charge in [-0.25, -0.2) is 0 Å². The molecule has 0 aliphatic heterocycles. The third kappa shape index (κ3) is 2.53. The van der Waals surface area contributed by atoms with Gasteiger partial charge in [-0.3, -0.25) is 0 Å². The van der Waals surface area contributed by atoms with Crippen LogP contribution in [0.3, 0.4) is 0 Å². The first-order valence-electron chi connectivity index (χ1n) is 5.54. The molecule has 0 spiro atoms. The summed E-state index contributed by atoms with van der Waals surface area (Å²) in [7, 11) is 0. The minimum atomic E-state index is -0.0250. The molecule has 0 radical (unpaired) electrons. The van der Waals surface area contributed by atoms with E-state index < -0.39 is 0 Å². The van der Waals surface area contributed by atoms with Crippen LogP contribution in [0.25, 0.3) is 0 Å². The zero-order chi connectivity index (χ0) is 12.1. The van der Waals surface area contributed by atoms with Gasteiger partial charge in [0.05, 0.1) is 17.9 Å². The van der Waals surface area contributed by atoms with Crippen LogP contribution in [0.4, 0.5) is 5.69 Å². The third-order valence-electron chi connectivity index (χ3n) is 2.64. The Kier molecular flexibility index (Phi) is 4.33. The normalized spacial score (nSPS) is 10.2. The molecule has 3 heteroatoms. The number of anilines is 1. The van der Waals surface area contributed by atoms with Crippen LogP contribution in [0, 0.1) is 11.3 Å². The van der Waals surface area contributed by atoms with E-state index >= 15 is 0 Å². The van der Waals surface area contributed by atoms with Gasteiger partial charge in [0, 0.05) is 12.6 Å². The van der Waals surface area contributed by atoms with Crippen LogP contribution in [0.15, 0.2) is 18.2 Å². The summed E-state index contributed by atoms with van der Waals surface area (Å²) < 4.78 is 0. The first-order valence-corrected chi connectivity index (χ1v) is 5.54. The minimum Gasteiger partial charge on any atom is -0.392 e. The Balaban J connectivity index is 3.18. The van der Waals surface area contributed by atoms with Crippen LogP contribution in [-0.4, -0.2) is 17.7 Å². The second-order valence-corrected chi connectivity index (χ2v) is 4.00. The van der Waals surface area contributed by atoms with Gasteiger partial charge >= 0.3 is 0 Å². The number of hydrogen-bond acceptors (Lipinski definition) is 3. The highest BCUT2D eigenvalue weighted by molar-refractivity contribution is 5.60. The Bertz CT molecular complexity index is 393. The average Bonchev–Trinajstić information content (AvgIpc) is 2.29. The summed E-state index contributed by atoms with van der Waals surface area (Å²) in [4.78, 5) is 2.17. The van der Waals surface area contributed by atoms with Gasteiger partial charge in [0.2, 0.25) is 0 Å². The van der Waals surface area contributed by atoms with Crippen LogP contribution in [0.1, 0.15) is 31.9 Å². The van der Waals surface area contributed by atoms with Gasteiger partial charge < -0.3 is 10.0 Å². The monoisotopic (exact) mass is 218 g/mol. The molecule has 1 rings (SSSR count). The predicted octanol–water partition coefficient (Wildman–Crippen LogP) is 2.29. The fourth-order valence-corrected chi connectivity index (χ4v) is 1.84. The molecule has 0 aromatic heterocycles. The van der Waals surface area contributed by atoms with Gasteiger partial charge in [0.1, 0.15) is 6.07 Å². The molecule has 1 aromatic rings. The highest BCUT2D eigenvalue weighted by Gasteiger charge is 2.12. The molecule has 0 fully saturated rings. The van der Waals surface area contributed by atoms with Gasteiger partial charge in [-0.2, -0.15) is 5.26 Å². The summed E-state index contributed by atoms with van der Waals surface area (Å²) in [5.41, 5.74) is 2.35. The molecule has 16 heavy (non-hydrogen) atoms. The zero-order valence-corrected chi connectivity index (χ0v) is 10.1. The standard InChI is InChI=1S/C13H18N2O/c1-4-15(10(2)3)13-6-5-11(9-16)7-12(13)8-14/h5-7,10,16H,4,9H2,1-3H3. The fraction of sp³-hybridized carbons (Fsp3) is 0.462. The quantitative estimate of drug-likeness (QED) is 0.843.